The third-order valence-electron chi connectivity index (χ3n) is 5.24. The van der Waals surface area contributed by atoms with Crippen molar-refractivity contribution < 1.29 is 14.6 Å². The van der Waals surface area contributed by atoms with E-state index in [9.17, 15) is 5.11 Å². The van der Waals surface area contributed by atoms with Gasteiger partial charge in [0.25, 0.3) is 0 Å². The van der Waals surface area contributed by atoms with E-state index < -0.39 is 0 Å². The quantitative estimate of drug-likeness (QED) is 0.586. The molecule has 2 atom stereocenters. The van der Waals surface area contributed by atoms with Crippen LogP contribution in [-0.2, 0) is 0 Å². The number of halogens is 1. The molecule has 0 fully saturated rings. The molecule has 0 unspecified atom stereocenters. The predicted molar refractivity (Wildman–Crippen MR) is 119 cm³/mol. The Morgan fingerprint density at radius 1 is 0.967 bits per heavy atom. The molecule has 30 heavy (non-hydrogen) atoms. The van der Waals surface area contributed by atoms with E-state index >= 15 is 0 Å². The van der Waals surface area contributed by atoms with Gasteiger partial charge in [-0.05, 0) is 41.5 Å². The van der Waals surface area contributed by atoms with Gasteiger partial charge in [-0.25, -0.2) is 0 Å². The highest BCUT2D eigenvalue weighted by molar-refractivity contribution is 6.30. The average molecular weight is 423 g/mol. The van der Waals surface area contributed by atoms with Crippen molar-refractivity contribution in [1.82, 2.24) is 5.32 Å². The van der Waals surface area contributed by atoms with Gasteiger partial charge < -0.3 is 14.6 Å². The van der Waals surface area contributed by atoms with Gasteiger partial charge in [0.05, 0.1) is 14.2 Å². The largest absolute Gasteiger partial charge is 0.508 e. The van der Waals surface area contributed by atoms with Crippen LogP contribution in [-0.4, -0.2) is 25.0 Å². The highest BCUT2D eigenvalue weighted by atomic mass is 35.5. The average Bonchev–Trinajstić information content (AvgIpc) is 2.80. The number of aromatic hydroxyl groups is 1. The zero-order chi connectivity index (χ0) is 21.1. The van der Waals surface area contributed by atoms with Crippen LogP contribution in [0.3, 0.4) is 0 Å². The molecule has 0 spiro atoms. The number of nitrogens with one attached hydrogen (secondary N) is 1. The minimum absolute atomic E-state index is 0.158. The fraction of sp³-hybridized carbons (Fsp3) is 0.208. The second-order valence-corrected chi connectivity index (χ2v) is 7.52. The first-order chi connectivity index (χ1) is 14.6. The first-order valence-corrected chi connectivity index (χ1v) is 10.1. The van der Waals surface area contributed by atoms with Gasteiger partial charge in [0, 0.05) is 28.8 Å². The van der Waals surface area contributed by atoms with Gasteiger partial charge in [0.1, 0.15) is 11.9 Å². The molecule has 0 saturated carbocycles. The van der Waals surface area contributed by atoms with E-state index in [1.54, 1.807) is 32.4 Å². The third kappa shape index (κ3) is 4.13. The van der Waals surface area contributed by atoms with E-state index in [2.05, 4.69) is 5.32 Å². The SMILES string of the molecule is COc1ccc([C@@H]2N=C(c3ccccc3)C[C@@H](c3cc(Cl)ccc3O)N2)cc1OC. The Morgan fingerprint density at radius 3 is 2.47 bits per heavy atom. The van der Waals surface area contributed by atoms with Crippen molar-refractivity contribution in [3.8, 4) is 17.2 Å². The number of benzene rings is 3. The zero-order valence-electron chi connectivity index (χ0n) is 16.8. The molecule has 4 rings (SSSR count). The molecule has 1 aliphatic heterocycles. The Labute approximate surface area is 180 Å². The standard InChI is InChI=1S/C24H23ClN2O3/c1-29-22-11-8-16(12-23(22)30-2)24-26-19(15-6-4-3-5-7-15)14-20(27-24)18-13-17(25)9-10-21(18)28/h3-13,20,24,27-28H,14H2,1-2H3/t20-,24+/m0/s1. The molecule has 154 valence electrons. The lowest BCUT2D eigenvalue weighted by molar-refractivity contribution is 0.353. The molecule has 3 aromatic carbocycles. The number of aliphatic imine (C=N–C) groups is 1. The molecule has 3 aromatic rings. The van der Waals surface area contributed by atoms with Crippen LogP contribution in [0.5, 0.6) is 17.2 Å². The molecule has 1 heterocycles. The summed E-state index contributed by atoms with van der Waals surface area (Å²) in [6.07, 6.45) is 0.305. The highest BCUT2D eigenvalue weighted by Crippen LogP contribution is 2.37. The predicted octanol–water partition coefficient (Wildman–Crippen LogP) is 5.29. The van der Waals surface area contributed by atoms with E-state index in [4.69, 9.17) is 26.1 Å². The van der Waals surface area contributed by atoms with Gasteiger partial charge in [-0.15, -0.1) is 0 Å². The number of phenolic OH excluding ortho intramolecular Hbond substituents is 1. The third-order valence-corrected chi connectivity index (χ3v) is 5.47. The maximum Gasteiger partial charge on any atom is 0.161 e. The molecule has 0 aromatic heterocycles. The summed E-state index contributed by atoms with van der Waals surface area (Å²) >= 11 is 6.22. The second-order valence-electron chi connectivity index (χ2n) is 7.09. The molecule has 0 aliphatic carbocycles. The fourth-order valence-electron chi connectivity index (χ4n) is 3.71. The van der Waals surface area contributed by atoms with Crippen molar-refractivity contribution in [2.45, 2.75) is 18.6 Å². The molecule has 6 heteroatoms. The monoisotopic (exact) mass is 422 g/mol. The van der Waals surface area contributed by atoms with E-state index in [0.717, 1.165) is 22.4 Å². The minimum Gasteiger partial charge on any atom is -0.508 e. The maximum absolute atomic E-state index is 10.5. The number of nitrogens with zero attached hydrogens (tertiary/aromatic N) is 1. The highest BCUT2D eigenvalue weighted by Gasteiger charge is 2.28. The number of methoxy groups -OCH3 is 2. The Morgan fingerprint density at radius 2 is 1.73 bits per heavy atom. The Balaban J connectivity index is 1.77. The van der Waals surface area contributed by atoms with Gasteiger partial charge in [-0.3, -0.25) is 10.3 Å². The number of hydrogen-bond acceptors (Lipinski definition) is 5. The number of hydrogen-bond donors (Lipinski definition) is 2. The van der Waals surface area contributed by atoms with Gasteiger partial charge in [-0.2, -0.15) is 0 Å². The van der Waals surface area contributed by atoms with Crippen molar-refractivity contribution in [1.29, 1.82) is 0 Å². The van der Waals surface area contributed by atoms with Crippen LogP contribution in [0.25, 0.3) is 0 Å². The van der Waals surface area contributed by atoms with Crippen molar-refractivity contribution in [3.63, 3.8) is 0 Å². The summed E-state index contributed by atoms with van der Waals surface area (Å²) in [4.78, 5) is 4.98. The van der Waals surface area contributed by atoms with Crippen molar-refractivity contribution in [2.75, 3.05) is 14.2 Å². The molecule has 1 aliphatic rings. The van der Waals surface area contributed by atoms with Gasteiger partial charge in [-0.1, -0.05) is 48.0 Å². The molecule has 0 saturated heterocycles. The van der Waals surface area contributed by atoms with E-state index in [1.165, 1.54) is 0 Å². The maximum atomic E-state index is 10.5. The molecule has 0 radical (unpaired) electrons. The van der Waals surface area contributed by atoms with E-state index in [0.29, 0.717) is 22.9 Å². The molecule has 0 amide bonds. The van der Waals surface area contributed by atoms with E-state index in [-0.39, 0.29) is 18.0 Å². The van der Waals surface area contributed by atoms with Crippen LogP contribution in [0.1, 0.15) is 35.3 Å². The van der Waals surface area contributed by atoms with Crippen LogP contribution >= 0.6 is 11.6 Å². The smallest absolute Gasteiger partial charge is 0.161 e. The number of phenols is 1. The van der Waals surface area contributed by atoms with Crippen LogP contribution < -0.4 is 14.8 Å². The minimum atomic E-state index is -0.322. The first kappa shape index (κ1) is 20.3. The molecule has 2 N–H and O–H groups in total. The lowest BCUT2D eigenvalue weighted by atomic mass is 9.93. The summed E-state index contributed by atoms with van der Waals surface area (Å²) in [6.45, 7) is 0. The molecule has 5 nitrogen and oxygen atoms in total. The van der Waals surface area contributed by atoms with Gasteiger partial charge in [0.2, 0.25) is 0 Å². The van der Waals surface area contributed by atoms with Gasteiger partial charge >= 0.3 is 0 Å². The van der Waals surface area contributed by atoms with Crippen LogP contribution in [0.4, 0.5) is 0 Å². The lowest BCUT2D eigenvalue weighted by Crippen LogP contribution is -2.33. The second kappa shape index (κ2) is 8.78. The van der Waals surface area contributed by atoms with Crippen LogP contribution in [0, 0.1) is 0 Å². The van der Waals surface area contributed by atoms with Crippen LogP contribution in [0.2, 0.25) is 5.02 Å². The van der Waals surface area contributed by atoms with Crippen LogP contribution in [0.15, 0.2) is 71.7 Å². The summed E-state index contributed by atoms with van der Waals surface area (Å²) < 4.78 is 10.8. The first-order valence-electron chi connectivity index (χ1n) is 9.67. The molecular formula is C24H23ClN2O3. The summed E-state index contributed by atoms with van der Waals surface area (Å²) in [5.41, 5.74) is 3.69. The molecular weight excluding hydrogens is 400 g/mol. The fourth-order valence-corrected chi connectivity index (χ4v) is 3.89. The zero-order valence-corrected chi connectivity index (χ0v) is 17.6. The number of rotatable bonds is 5. The summed E-state index contributed by atoms with van der Waals surface area (Å²) in [5.74, 6) is 1.51. The van der Waals surface area contributed by atoms with E-state index in [1.807, 2.05) is 48.5 Å². The Bertz CT molecular complexity index is 1070. The van der Waals surface area contributed by atoms with Crippen molar-refractivity contribution >= 4 is 17.3 Å². The lowest BCUT2D eigenvalue weighted by Gasteiger charge is -2.31. The summed E-state index contributed by atoms with van der Waals surface area (Å²) in [5, 5.41) is 14.6. The summed E-state index contributed by atoms with van der Waals surface area (Å²) in [6, 6.07) is 20.8. The van der Waals surface area contributed by atoms with Gasteiger partial charge in [0.15, 0.2) is 11.5 Å². The number of ether oxygens (including phenoxy) is 2. The topological polar surface area (TPSA) is 63.1 Å². The van der Waals surface area contributed by atoms with Crippen molar-refractivity contribution in [3.05, 3.63) is 88.4 Å². The Hall–Kier alpha value is -3.02. The van der Waals surface area contributed by atoms with Crippen molar-refractivity contribution in [2.24, 2.45) is 4.99 Å². The molecule has 0 bridgehead atoms. The summed E-state index contributed by atoms with van der Waals surface area (Å²) in [7, 11) is 3.22. The normalized spacial score (nSPS) is 18.6. The Kier molecular flexibility index (Phi) is 5.93.